The maximum absolute atomic E-state index is 13.9. The van der Waals surface area contributed by atoms with Crippen LogP contribution >= 0.6 is 0 Å². The van der Waals surface area contributed by atoms with Gasteiger partial charge in [-0.1, -0.05) is 18.7 Å². The average Bonchev–Trinajstić information content (AvgIpc) is 1.66. The van der Waals surface area contributed by atoms with Gasteiger partial charge in [-0.2, -0.15) is 25.5 Å². The van der Waals surface area contributed by atoms with Crippen molar-refractivity contribution in [1.29, 1.82) is 0 Å². The Morgan fingerprint density at radius 2 is 1.01 bits per heavy atom. The lowest BCUT2D eigenvalue weighted by Crippen LogP contribution is -2.36. The molecular formula is C73H79F2N25O6. The van der Waals surface area contributed by atoms with E-state index >= 15 is 0 Å². The van der Waals surface area contributed by atoms with Crippen LogP contribution in [0.3, 0.4) is 0 Å². The zero-order valence-electron chi connectivity index (χ0n) is 60.0. The fraction of sp³-hybridized carbons (Fsp3) is 0.260. The molecule has 546 valence electrons. The van der Waals surface area contributed by atoms with Crippen LogP contribution in [0, 0.1) is 18.6 Å². The zero-order chi connectivity index (χ0) is 75.0. The minimum absolute atomic E-state index is 0.120. The van der Waals surface area contributed by atoms with Gasteiger partial charge < -0.3 is 62.0 Å². The number of ether oxygens (including phenoxy) is 6. The quantitative estimate of drug-likeness (QED) is 0.0759. The van der Waals surface area contributed by atoms with Crippen LogP contribution in [0.2, 0.25) is 0 Å². The normalized spacial score (nSPS) is 12.5. The molecule has 0 spiro atoms. The van der Waals surface area contributed by atoms with E-state index in [-0.39, 0.29) is 11.9 Å². The highest BCUT2D eigenvalue weighted by Gasteiger charge is 2.24. The third-order valence-corrected chi connectivity index (χ3v) is 17.0. The van der Waals surface area contributed by atoms with Gasteiger partial charge in [-0.15, -0.1) is 0 Å². The molecule has 0 amide bonds. The van der Waals surface area contributed by atoms with Crippen LogP contribution in [0.1, 0.15) is 38.4 Å². The van der Waals surface area contributed by atoms with Gasteiger partial charge in [-0.05, 0) is 100 Å². The number of hydrogen-bond acceptors (Lipinski definition) is 26. The molecule has 10 N–H and O–H groups in total. The smallest absolute Gasteiger partial charge is 0.165 e. The molecule has 0 aliphatic carbocycles. The molecule has 14 aromatic rings. The lowest BCUT2D eigenvalue weighted by atomic mass is 10.0. The van der Waals surface area contributed by atoms with Crippen molar-refractivity contribution >= 4 is 78.9 Å². The van der Waals surface area contributed by atoms with E-state index in [0.717, 1.165) is 117 Å². The number of rotatable bonds is 12. The Labute approximate surface area is 606 Å². The summed E-state index contributed by atoms with van der Waals surface area (Å²) in [7, 11) is 10.6. The summed E-state index contributed by atoms with van der Waals surface area (Å²) >= 11 is 0. The van der Waals surface area contributed by atoms with Gasteiger partial charge in [0.25, 0.3) is 0 Å². The largest absolute Gasteiger partial charge is 0.497 e. The molecule has 0 saturated carbocycles. The molecule has 2 aliphatic heterocycles. The molecule has 31 nitrogen and oxygen atoms in total. The number of aryl methyl sites for hydroxylation is 5. The summed E-state index contributed by atoms with van der Waals surface area (Å²) in [6.45, 7) is 16.4. The molecular weight excluding hydrogens is 1360 g/mol. The van der Waals surface area contributed by atoms with Crippen molar-refractivity contribution in [3.8, 4) is 85.0 Å². The Morgan fingerprint density at radius 1 is 0.528 bits per heavy atom. The van der Waals surface area contributed by atoms with E-state index in [4.69, 9.17) is 57.1 Å². The summed E-state index contributed by atoms with van der Waals surface area (Å²) in [6, 6.07) is 26.7. The lowest BCUT2D eigenvalue weighted by Gasteiger charge is -2.27. The van der Waals surface area contributed by atoms with Crippen LogP contribution in [0.4, 0.5) is 37.9 Å². The Hall–Kier alpha value is -13.2. The number of anilines is 5. The van der Waals surface area contributed by atoms with Crippen LogP contribution in [0.5, 0.6) is 28.7 Å². The van der Waals surface area contributed by atoms with Crippen molar-refractivity contribution < 1.29 is 37.2 Å². The van der Waals surface area contributed by atoms with Crippen LogP contribution < -0.4 is 57.3 Å². The van der Waals surface area contributed by atoms with E-state index in [2.05, 4.69) is 81.8 Å². The SMILES string of the molecule is C=C(N)c1c(-c2ccc(OCC)c(F)c2)nn(C)c1C.CC(C)Oc1cccc(-c2nn(C)c3ncnc(N)c23)c1.COc1cc(F)cc(-c2nn(C)c3ncnc(N)c23)c1.Cn1nc(-c2ccc(N3CCOCC3)nc2)c2c(N)ncnc21.Cn1nc(-c2ccc3c(c2)OCCCO3)c2c(N)ncnc21. The minimum Gasteiger partial charge on any atom is -0.497 e. The number of benzene rings is 4. The van der Waals surface area contributed by atoms with Crippen molar-refractivity contribution in [2.75, 3.05) is 81.1 Å². The zero-order valence-corrected chi connectivity index (χ0v) is 60.0. The third-order valence-electron chi connectivity index (χ3n) is 17.0. The van der Waals surface area contributed by atoms with Crippen LogP contribution in [0.15, 0.2) is 129 Å². The fourth-order valence-electron chi connectivity index (χ4n) is 12.0. The van der Waals surface area contributed by atoms with Gasteiger partial charge in [0.15, 0.2) is 45.7 Å². The highest BCUT2D eigenvalue weighted by atomic mass is 19.1. The van der Waals surface area contributed by atoms with Crippen molar-refractivity contribution in [3.05, 3.63) is 152 Å². The number of pyridine rings is 1. The van der Waals surface area contributed by atoms with Crippen LogP contribution in [0.25, 0.3) is 106 Å². The molecule has 12 heterocycles. The van der Waals surface area contributed by atoms with Gasteiger partial charge in [-0.25, -0.2) is 72.4 Å². The summed E-state index contributed by atoms with van der Waals surface area (Å²) in [4.78, 5) is 39.8. The highest BCUT2D eigenvalue weighted by Crippen LogP contribution is 2.39. The number of fused-ring (bicyclic) bond motifs is 5. The summed E-state index contributed by atoms with van der Waals surface area (Å²) < 4.78 is 68.7. The second-order valence-corrected chi connectivity index (χ2v) is 24.5. The molecule has 0 radical (unpaired) electrons. The van der Waals surface area contributed by atoms with Crippen molar-refractivity contribution in [1.82, 2.24) is 93.8 Å². The number of nitrogens with zero attached hydrogens (tertiary/aromatic N) is 20. The van der Waals surface area contributed by atoms with E-state index in [1.165, 1.54) is 50.6 Å². The molecule has 4 aromatic carbocycles. The predicted molar refractivity (Wildman–Crippen MR) is 401 cm³/mol. The topological polar surface area (TPSA) is 394 Å². The van der Waals surface area contributed by atoms with Gasteiger partial charge in [0.1, 0.15) is 100 Å². The molecule has 106 heavy (non-hydrogen) atoms. The van der Waals surface area contributed by atoms with Gasteiger partial charge in [-0.3, -0.25) is 4.68 Å². The van der Waals surface area contributed by atoms with Gasteiger partial charge in [0, 0.05) is 112 Å². The second-order valence-electron chi connectivity index (χ2n) is 24.5. The molecule has 0 atom stereocenters. The molecule has 16 rings (SSSR count). The summed E-state index contributed by atoms with van der Waals surface area (Å²) in [5.41, 5.74) is 41.8. The number of halogens is 2. The molecule has 2 aliphatic rings. The molecule has 33 heteroatoms. The molecule has 10 aromatic heterocycles. The number of hydrogen-bond donors (Lipinski definition) is 5. The van der Waals surface area contributed by atoms with Crippen LogP contribution in [-0.2, 0) is 40.0 Å². The second kappa shape index (κ2) is 31.6. The molecule has 0 bridgehead atoms. The van der Waals surface area contributed by atoms with E-state index in [9.17, 15) is 8.78 Å². The van der Waals surface area contributed by atoms with Crippen LogP contribution in [-0.4, -0.2) is 153 Å². The molecule has 1 fully saturated rings. The summed E-state index contributed by atoms with van der Waals surface area (Å²) in [6.07, 6.45) is 8.52. The fourth-order valence-corrected chi connectivity index (χ4v) is 12.0. The molecule has 1 saturated heterocycles. The first kappa shape index (κ1) is 72.6. The first-order chi connectivity index (χ1) is 51.1. The van der Waals surface area contributed by atoms with Gasteiger partial charge in [0.2, 0.25) is 0 Å². The first-order valence-electron chi connectivity index (χ1n) is 33.5. The monoisotopic (exact) mass is 1440 g/mol. The van der Waals surface area contributed by atoms with Crippen molar-refractivity contribution in [2.24, 2.45) is 41.0 Å². The molecule has 0 unspecified atom stereocenters. The Bertz CT molecular complexity index is 5520. The minimum atomic E-state index is -0.416. The summed E-state index contributed by atoms with van der Waals surface area (Å²) in [5.74, 6) is 4.63. The Kier molecular flexibility index (Phi) is 21.6. The number of nitrogen functional groups attached to an aromatic ring is 4. The lowest BCUT2D eigenvalue weighted by molar-refractivity contribution is 0.122. The third kappa shape index (κ3) is 15.4. The maximum atomic E-state index is 13.9. The van der Waals surface area contributed by atoms with E-state index in [1.54, 1.807) is 48.7 Å². The predicted octanol–water partition coefficient (Wildman–Crippen LogP) is 9.64. The van der Waals surface area contributed by atoms with Crippen molar-refractivity contribution in [3.63, 3.8) is 0 Å². The number of nitrogens with two attached hydrogens (primary N) is 5. The van der Waals surface area contributed by atoms with E-state index in [1.807, 2.05) is 117 Å². The van der Waals surface area contributed by atoms with Gasteiger partial charge >= 0.3 is 0 Å². The highest BCUT2D eigenvalue weighted by molar-refractivity contribution is 6.01. The summed E-state index contributed by atoms with van der Waals surface area (Å²) in [5, 5.41) is 25.2. The number of methoxy groups -OCH3 is 1. The number of morpholine rings is 1. The first-order valence-corrected chi connectivity index (χ1v) is 33.5. The van der Waals surface area contributed by atoms with E-state index in [0.29, 0.717) is 105 Å². The maximum Gasteiger partial charge on any atom is 0.165 e. The standard InChI is InChI=1S/C15H18FN3O.C15H17N7O.C15H15N5O2.C15H17N5O.C13H12FN5O/c1-5-20-13-7-6-11(8-12(13)16)15-14(9(2)17)10(3)19(4)18-15;1-21-15-12(14(16)18-9-19-15)13(20-21)10-2-3-11(17-8-10)22-4-6-23-7-5-22;1-20-15-12(14(16)17-8-18-15)13(19-20)9-3-4-10-11(7-9)22-6-2-5-21-10;1-9(2)21-11-6-4-5-10(7-11)13-12-14(16)17-8-18-15(12)20(3)19-13;1-19-13-10(12(15)16-6-17-13)11(18-19)7-3-8(14)5-9(4-7)20-2/h6-8H,2,5,17H2,1,3-4H3;2-3,8-9H,4-7H2,1H3,(H2,16,18,19);3-4,7-8H,2,5-6H2,1H3,(H2,16,17,18);4-9H,1-3H3,(H2,16,17,18);3-6H,1-2H3,(H2,15,16,17). The number of aromatic nitrogens is 19. The average molecular weight is 1440 g/mol. The Morgan fingerprint density at radius 3 is 1.51 bits per heavy atom. The van der Waals surface area contributed by atoms with Gasteiger partial charge in [0.05, 0.1) is 67.8 Å². The van der Waals surface area contributed by atoms with E-state index < -0.39 is 11.6 Å². The van der Waals surface area contributed by atoms with Crippen molar-refractivity contribution in [2.45, 2.75) is 40.2 Å². The Balaban J connectivity index is 0.000000124.